The maximum absolute atomic E-state index is 13.2. The molecule has 0 saturated carbocycles. The molecule has 0 unspecified atom stereocenters. The van der Waals surface area contributed by atoms with Crippen LogP contribution in [0.3, 0.4) is 0 Å². The molecule has 0 bridgehead atoms. The highest BCUT2D eigenvalue weighted by atomic mass is 16.5. The SMILES string of the molecule is O=C([C@H]1CN(Cc2ccoc2)CC12CCOCC2)N1CCOCC1. The lowest BCUT2D eigenvalue weighted by molar-refractivity contribution is -0.144. The first kappa shape index (κ1) is 16.1. The van der Waals surface area contributed by atoms with E-state index in [-0.39, 0.29) is 11.3 Å². The van der Waals surface area contributed by atoms with Gasteiger partial charge in [0, 0.05) is 56.9 Å². The van der Waals surface area contributed by atoms with E-state index in [9.17, 15) is 4.79 Å². The molecule has 1 aromatic rings. The highest BCUT2D eigenvalue weighted by Crippen LogP contribution is 2.45. The molecule has 4 heterocycles. The monoisotopic (exact) mass is 334 g/mol. The zero-order valence-corrected chi connectivity index (χ0v) is 14.1. The van der Waals surface area contributed by atoms with E-state index in [0.717, 1.165) is 58.8 Å². The first-order valence-electron chi connectivity index (χ1n) is 8.95. The normalized spacial score (nSPS) is 27.7. The molecule has 6 heteroatoms. The van der Waals surface area contributed by atoms with E-state index in [2.05, 4.69) is 4.90 Å². The average Bonchev–Trinajstić information content (AvgIpc) is 3.24. The molecule has 132 valence electrons. The highest BCUT2D eigenvalue weighted by molar-refractivity contribution is 5.80. The smallest absolute Gasteiger partial charge is 0.227 e. The van der Waals surface area contributed by atoms with Crippen molar-refractivity contribution < 1.29 is 18.7 Å². The Morgan fingerprint density at radius 1 is 1.17 bits per heavy atom. The van der Waals surface area contributed by atoms with Crippen molar-refractivity contribution in [2.45, 2.75) is 19.4 Å². The standard InChI is InChI=1S/C18H26N2O4/c21-17(20-4-9-23-10-5-20)16-12-19(11-15-1-6-24-13-15)14-18(16)2-7-22-8-3-18/h1,6,13,16H,2-5,7-12,14H2/t16-/m1/s1. The van der Waals surface area contributed by atoms with Gasteiger partial charge in [-0.05, 0) is 18.9 Å². The summed E-state index contributed by atoms with van der Waals surface area (Å²) < 4.78 is 16.2. The Morgan fingerprint density at radius 3 is 2.62 bits per heavy atom. The van der Waals surface area contributed by atoms with Gasteiger partial charge in [-0.25, -0.2) is 0 Å². The molecule has 1 spiro atoms. The van der Waals surface area contributed by atoms with Gasteiger partial charge in [0.1, 0.15) is 0 Å². The minimum atomic E-state index is 0.0668. The number of hydrogen-bond acceptors (Lipinski definition) is 5. The average molecular weight is 334 g/mol. The molecule has 0 aromatic carbocycles. The van der Waals surface area contributed by atoms with Gasteiger partial charge in [-0.3, -0.25) is 9.69 Å². The van der Waals surface area contributed by atoms with Crippen LogP contribution in [-0.2, 0) is 20.8 Å². The summed E-state index contributed by atoms with van der Waals surface area (Å²) in [6.45, 7) is 6.97. The van der Waals surface area contributed by atoms with Crippen LogP contribution in [0.4, 0.5) is 0 Å². The summed E-state index contributed by atoms with van der Waals surface area (Å²) in [6.07, 6.45) is 5.48. The Balaban J connectivity index is 1.51. The van der Waals surface area contributed by atoms with Crippen molar-refractivity contribution in [3.63, 3.8) is 0 Å². The van der Waals surface area contributed by atoms with Crippen molar-refractivity contribution in [2.24, 2.45) is 11.3 Å². The fourth-order valence-electron chi connectivity index (χ4n) is 4.46. The molecule has 24 heavy (non-hydrogen) atoms. The van der Waals surface area contributed by atoms with Gasteiger partial charge in [-0.15, -0.1) is 0 Å². The molecule has 3 fully saturated rings. The van der Waals surface area contributed by atoms with Gasteiger partial charge in [-0.1, -0.05) is 0 Å². The number of amides is 1. The third-order valence-corrected chi connectivity index (χ3v) is 5.81. The first-order chi connectivity index (χ1) is 11.8. The number of likely N-dealkylation sites (tertiary alicyclic amines) is 1. The van der Waals surface area contributed by atoms with Crippen molar-refractivity contribution >= 4 is 5.91 Å². The summed E-state index contributed by atoms with van der Waals surface area (Å²) in [7, 11) is 0. The summed E-state index contributed by atoms with van der Waals surface area (Å²) in [5.74, 6) is 0.390. The lowest BCUT2D eigenvalue weighted by Crippen LogP contribution is -2.49. The number of carbonyl (C=O) groups excluding carboxylic acids is 1. The van der Waals surface area contributed by atoms with Gasteiger partial charge in [0.25, 0.3) is 0 Å². The van der Waals surface area contributed by atoms with Crippen molar-refractivity contribution in [3.05, 3.63) is 24.2 Å². The van der Waals surface area contributed by atoms with Crippen molar-refractivity contribution in [2.75, 3.05) is 52.6 Å². The van der Waals surface area contributed by atoms with E-state index < -0.39 is 0 Å². The number of rotatable bonds is 3. The Labute approximate surface area is 142 Å². The van der Waals surface area contributed by atoms with Gasteiger partial charge in [0.15, 0.2) is 0 Å². The first-order valence-corrected chi connectivity index (χ1v) is 8.95. The Hall–Kier alpha value is -1.37. The molecule has 1 atom stereocenters. The number of nitrogens with zero attached hydrogens (tertiary/aromatic N) is 2. The molecule has 3 aliphatic heterocycles. The van der Waals surface area contributed by atoms with Crippen LogP contribution in [0.1, 0.15) is 18.4 Å². The van der Waals surface area contributed by atoms with E-state index in [1.807, 2.05) is 11.0 Å². The summed E-state index contributed by atoms with van der Waals surface area (Å²) in [5.41, 5.74) is 1.24. The fraction of sp³-hybridized carbons (Fsp3) is 0.722. The minimum absolute atomic E-state index is 0.0668. The lowest BCUT2D eigenvalue weighted by Gasteiger charge is -2.40. The predicted molar refractivity (Wildman–Crippen MR) is 87.4 cm³/mol. The van der Waals surface area contributed by atoms with Crippen LogP contribution in [0.5, 0.6) is 0 Å². The Bertz CT molecular complexity index is 547. The van der Waals surface area contributed by atoms with E-state index in [1.165, 1.54) is 5.56 Å². The highest BCUT2D eigenvalue weighted by Gasteiger charge is 2.51. The van der Waals surface area contributed by atoms with Crippen LogP contribution in [0.2, 0.25) is 0 Å². The Kier molecular flexibility index (Phi) is 4.61. The molecular formula is C18H26N2O4. The largest absolute Gasteiger partial charge is 0.472 e. The quantitative estimate of drug-likeness (QED) is 0.836. The van der Waals surface area contributed by atoms with Crippen LogP contribution in [0, 0.1) is 11.3 Å². The van der Waals surface area contributed by atoms with E-state index in [0.29, 0.717) is 19.1 Å². The van der Waals surface area contributed by atoms with Gasteiger partial charge in [-0.2, -0.15) is 0 Å². The maximum Gasteiger partial charge on any atom is 0.227 e. The predicted octanol–water partition coefficient (Wildman–Crippen LogP) is 1.37. The minimum Gasteiger partial charge on any atom is -0.472 e. The van der Waals surface area contributed by atoms with Crippen molar-refractivity contribution in [3.8, 4) is 0 Å². The maximum atomic E-state index is 13.2. The van der Waals surface area contributed by atoms with Gasteiger partial charge in [0.05, 0.1) is 31.7 Å². The molecule has 0 N–H and O–H groups in total. The van der Waals surface area contributed by atoms with Crippen LogP contribution in [-0.4, -0.2) is 68.3 Å². The van der Waals surface area contributed by atoms with Crippen LogP contribution < -0.4 is 0 Å². The zero-order chi connectivity index (χ0) is 16.4. The molecule has 0 aliphatic carbocycles. The molecule has 6 nitrogen and oxygen atoms in total. The van der Waals surface area contributed by atoms with Crippen LogP contribution in [0.25, 0.3) is 0 Å². The van der Waals surface area contributed by atoms with Gasteiger partial charge < -0.3 is 18.8 Å². The second-order valence-electron chi connectivity index (χ2n) is 7.27. The second-order valence-corrected chi connectivity index (χ2v) is 7.27. The molecule has 3 saturated heterocycles. The summed E-state index contributed by atoms with van der Waals surface area (Å²) in [4.78, 5) is 17.6. The molecular weight excluding hydrogens is 308 g/mol. The second kappa shape index (κ2) is 6.86. The van der Waals surface area contributed by atoms with E-state index in [4.69, 9.17) is 13.9 Å². The molecule has 4 rings (SSSR count). The molecule has 3 aliphatic rings. The van der Waals surface area contributed by atoms with Crippen molar-refractivity contribution in [1.29, 1.82) is 0 Å². The van der Waals surface area contributed by atoms with Crippen LogP contribution in [0.15, 0.2) is 23.0 Å². The topological polar surface area (TPSA) is 55.2 Å². The number of hydrogen-bond donors (Lipinski definition) is 0. The molecule has 0 radical (unpaired) electrons. The third kappa shape index (κ3) is 3.10. The molecule has 1 amide bonds. The summed E-state index contributed by atoms with van der Waals surface area (Å²) >= 11 is 0. The third-order valence-electron chi connectivity index (χ3n) is 5.81. The van der Waals surface area contributed by atoms with Gasteiger partial charge in [0.2, 0.25) is 5.91 Å². The number of ether oxygens (including phenoxy) is 2. The lowest BCUT2D eigenvalue weighted by atomic mass is 9.71. The number of furan rings is 1. The molecule has 1 aromatic heterocycles. The van der Waals surface area contributed by atoms with Crippen LogP contribution >= 0.6 is 0 Å². The van der Waals surface area contributed by atoms with Gasteiger partial charge >= 0.3 is 0 Å². The fourth-order valence-corrected chi connectivity index (χ4v) is 4.46. The summed E-state index contributed by atoms with van der Waals surface area (Å²) in [5, 5.41) is 0. The van der Waals surface area contributed by atoms with E-state index in [1.54, 1.807) is 12.5 Å². The Morgan fingerprint density at radius 2 is 1.92 bits per heavy atom. The zero-order valence-electron chi connectivity index (χ0n) is 14.1. The number of carbonyl (C=O) groups is 1. The number of morpholine rings is 1. The summed E-state index contributed by atoms with van der Waals surface area (Å²) in [6, 6.07) is 2.01. The van der Waals surface area contributed by atoms with Crippen molar-refractivity contribution in [1.82, 2.24) is 9.80 Å². The van der Waals surface area contributed by atoms with E-state index >= 15 is 0 Å².